The van der Waals surface area contributed by atoms with Crippen LogP contribution < -0.4 is 5.56 Å². The van der Waals surface area contributed by atoms with Gasteiger partial charge in [-0.3, -0.25) is 9.78 Å². The van der Waals surface area contributed by atoms with Crippen molar-refractivity contribution in [3.05, 3.63) is 88.6 Å². The average Bonchev–Trinajstić information content (AvgIpc) is 3.32. The zero-order valence-electron chi connectivity index (χ0n) is 19.3. The lowest BCUT2D eigenvalue weighted by atomic mass is 9.97. The molecule has 182 valence electrons. The van der Waals surface area contributed by atoms with Gasteiger partial charge < -0.3 is 4.98 Å². The maximum atomic E-state index is 13.3. The second-order valence-corrected chi connectivity index (χ2v) is 10.8. The number of H-pyrrole nitrogens is 1. The minimum Gasteiger partial charge on any atom is -0.308 e. The predicted molar refractivity (Wildman–Crippen MR) is 134 cm³/mol. The summed E-state index contributed by atoms with van der Waals surface area (Å²) in [6.07, 6.45) is 2.49. The van der Waals surface area contributed by atoms with Crippen LogP contribution in [-0.2, 0) is 16.6 Å². The fraction of sp³-hybridized carbons (Fsp3) is 0.240. The number of pyridine rings is 1. The van der Waals surface area contributed by atoms with Gasteiger partial charge in [0.15, 0.2) is 11.2 Å². The lowest BCUT2D eigenvalue weighted by Crippen LogP contribution is -2.38. The molecular weight excluding hydrogens is 478 g/mol. The summed E-state index contributed by atoms with van der Waals surface area (Å²) in [5.41, 5.74) is 2.05. The monoisotopic (exact) mass is 501 g/mol. The topological polar surface area (TPSA) is 127 Å². The van der Waals surface area contributed by atoms with Crippen LogP contribution in [0.25, 0.3) is 22.1 Å². The highest BCUT2D eigenvalue weighted by Crippen LogP contribution is 2.29. The first-order chi connectivity index (χ1) is 17.5. The molecular formula is C25H23N7O3S. The Kier molecular flexibility index (Phi) is 5.57. The SMILES string of the molecule is O=c1[nH]c(C2CCN(S(=O)(=O)c3cnc4ccccc4c3)CC2)nc2c1nnn2Cc1ccccc1. The lowest BCUT2D eigenvalue weighted by molar-refractivity contribution is 0.313. The molecule has 0 radical (unpaired) electrons. The highest BCUT2D eigenvalue weighted by atomic mass is 32.2. The Morgan fingerprint density at radius 3 is 2.56 bits per heavy atom. The van der Waals surface area contributed by atoms with Gasteiger partial charge in [-0.15, -0.1) is 5.10 Å². The number of aromatic amines is 1. The van der Waals surface area contributed by atoms with Gasteiger partial charge in [-0.1, -0.05) is 53.7 Å². The molecule has 0 atom stereocenters. The first kappa shape index (κ1) is 22.5. The van der Waals surface area contributed by atoms with E-state index in [1.165, 1.54) is 10.5 Å². The van der Waals surface area contributed by atoms with Crippen LogP contribution in [0.2, 0.25) is 0 Å². The van der Waals surface area contributed by atoms with E-state index in [9.17, 15) is 13.2 Å². The summed E-state index contributed by atoms with van der Waals surface area (Å²) in [7, 11) is -3.68. The molecule has 4 heterocycles. The molecule has 10 nitrogen and oxygen atoms in total. The average molecular weight is 502 g/mol. The Hall–Kier alpha value is -3.96. The molecule has 1 fully saturated rings. The molecule has 0 spiro atoms. The standard InChI is InChI=1S/C25H23N7O3S/c33-25-22-24(32(30-29-22)16-17-6-2-1-3-7-17)27-23(28-25)18-10-12-31(13-11-18)36(34,35)20-14-19-8-4-5-9-21(19)26-15-20/h1-9,14-15,18H,10-13,16H2,(H,27,28,33). The summed E-state index contributed by atoms with van der Waals surface area (Å²) in [4.78, 5) is 24.7. The maximum absolute atomic E-state index is 13.3. The number of nitrogens with one attached hydrogen (secondary N) is 1. The maximum Gasteiger partial charge on any atom is 0.281 e. The molecule has 0 bridgehead atoms. The van der Waals surface area contributed by atoms with Crippen molar-refractivity contribution in [3.8, 4) is 0 Å². The van der Waals surface area contributed by atoms with Crippen molar-refractivity contribution in [2.45, 2.75) is 30.2 Å². The number of hydrogen-bond acceptors (Lipinski definition) is 7. The third-order valence-electron chi connectivity index (χ3n) is 6.61. The zero-order valence-corrected chi connectivity index (χ0v) is 20.1. The number of sulfonamides is 1. The number of hydrogen-bond donors (Lipinski definition) is 1. The number of benzene rings is 2. The van der Waals surface area contributed by atoms with E-state index >= 15 is 0 Å². The molecule has 0 unspecified atom stereocenters. The van der Waals surface area contributed by atoms with Gasteiger partial charge in [0.1, 0.15) is 10.7 Å². The molecule has 1 aliphatic heterocycles. The first-order valence-electron chi connectivity index (χ1n) is 11.7. The summed E-state index contributed by atoms with van der Waals surface area (Å²) < 4.78 is 29.7. The normalized spacial score (nSPS) is 15.6. The highest BCUT2D eigenvalue weighted by Gasteiger charge is 2.31. The fourth-order valence-corrected chi connectivity index (χ4v) is 6.10. The smallest absolute Gasteiger partial charge is 0.281 e. The van der Waals surface area contributed by atoms with E-state index in [0.29, 0.717) is 43.9 Å². The van der Waals surface area contributed by atoms with E-state index in [0.717, 1.165) is 16.5 Å². The number of aromatic nitrogens is 6. The van der Waals surface area contributed by atoms with Crippen LogP contribution >= 0.6 is 0 Å². The van der Waals surface area contributed by atoms with Crippen molar-refractivity contribution in [1.29, 1.82) is 0 Å². The second kappa shape index (κ2) is 8.92. The van der Waals surface area contributed by atoms with Crippen LogP contribution in [0.5, 0.6) is 0 Å². The quantitative estimate of drug-likeness (QED) is 0.392. The van der Waals surface area contributed by atoms with Gasteiger partial charge in [0, 0.05) is 30.6 Å². The first-order valence-corrected chi connectivity index (χ1v) is 13.2. The van der Waals surface area contributed by atoms with E-state index in [-0.39, 0.29) is 21.9 Å². The van der Waals surface area contributed by atoms with Crippen molar-refractivity contribution >= 4 is 32.1 Å². The summed E-state index contributed by atoms with van der Waals surface area (Å²) >= 11 is 0. The number of piperidine rings is 1. The molecule has 1 aliphatic rings. The Balaban J connectivity index is 1.23. The summed E-state index contributed by atoms with van der Waals surface area (Å²) in [5, 5.41) is 8.92. The molecule has 0 aliphatic carbocycles. The van der Waals surface area contributed by atoms with Crippen molar-refractivity contribution in [2.75, 3.05) is 13.1 Å². The Morgan fingerprint density at radius 1 is 1.00 bits per heavy atom. The van der Waals surface area contributed by atoms with E-state index in [1.807, 2.05) is 54.6 Å². The molecule has 1 saturated heterocycles. The molecule has 0 amide bonds. The van der Waals surface area contributed by atoms with Crippen LogP contribution in [0.3, 0.4) is 0 Å². The van der Waals surface area contributed by atoms with Gasteiger partial charge in [0.2, 0.25) is 10.0 Å². The largest absolute Gasteiger partial charge is 0.308 e. The third kappa shape index (κ3) is 4.06. The molecule has 36 heavy (non-hydrogen) atoms. The van der Waals surface area contributed by atoms with Gasteiger partial charge in [-0.25, -0.2) is 18.1 Å². The van der Waals surface area contributed by atoms with Crippen molar-refractivity contribution < 1.29 is 8.42 Å². The number of rotatable bonds is 5. The fourth-order valence-electron chi connectivity index (χ4n) is 4.65. The number of para-hydroxylation sites is 1. The highest BCUT2D eigenvalue weighted by molar-refractivity contribution is 7.89. The molecule has 3 aromatic heterocycles. The van der Waals surface area contributed by atoms with Crippen LogP contribution in [0.1, 0.15) is 30.1 Å². The van der Waals surface area contributed by atoms with E-state index in [4.69, 9.17) is 4.98 Å². The predicted octanol–water partition coefficient (Wildman–Crippen LogP) is 2.68. The van der Waals surface area contributed by atoms with Crippen molar-refractivity contribution in [1.82, 2.24) is 34.3 Å². The van der Waals surface area contributed by atoms with Gasteiger partial charge in [0.25, 0.3) is 5.56 Å². The van der Waals surface area contributed by atoms with Crippen LogP contribution in [0, 0.1) is 0 Å². The number of nitrogens with zero attached hydrogens (tertiary/aromatic N) is 6. The van der Waals surface area contributed by atoms with Crippen molar-refractivity contribution in [2.24, 2.45) is 0 Å². The molecule has 5 aromatic rings. The Morgan fingerprint density at radius 2 is 1.75 bits per heavy atom. The van der Waals surface area contributed by atoms with Crippen LogP contribution in [0.4, 0.5) is 0 Å². The van der Waals surface area contributed by atoms with Crippen LogP contribution in [-0.4, -0.2) is 55.8 Å². The van der Waals surface area contributed by atoms with Gasteiger partial charge >= 0.3 is 0 Å². The third-order valence-corrected chi connectivity index (χ3v) is 8.47. The molecule has 2 aromatic carbocycles. The molecule has 1 N–H and O–H groups in total. The zero-order chi connectivity index (χ0) is 24.7. The second-order valence-electron chi connectivity index (χ2n) is 8.90. The van der Waals surface area contributed by atoms with E-state index in [1.54, 1.807) is 10.7 Å². The van der Waals surface area contributed by atoms with E-state index < -0.39 is 10.0 Å². The summed E-state index contributed by atoms with van der Waals surface area (Å²) in [5.74, 6) is 0.455. The van der Waals surface area contributed by atoms with E-state index in [2.05, 4.69) is 20.3 Å². The van der Waals surface area contributed by atoms with Gasteiger partial charge in [-0.05, 0) is 30.5 Å². The molecule has 6 rings (SSSR count). The Labute approximate surface area is 206 Å². The summed E-state index contributed by atoms with van der Waals surface area (Å²) in [6.45, 7) is 1.09. The molecule has 11 heteroatoms. The minimum absolute atomic E-state index is 0.0802. The molecule has 0 saturated carbocycles. The van der Waals surface area contributed by atoms with Gasteiger partial charge in [-0.2, -0.15) is 4.31 Å². The van der Waals surface area contributed by atoms with Crippen LogP contribution in [0.15, 0.2) is 76.6 Å². The number of fused-ring (bicyclic) bond motifs is 2. The minimum atomic E-state index is -3.68. The summed E-state index contributed by atoms with van der Waals surface area (Å²) in [6, 6.07) is 18.9. The van der Waals surface area contributed by atoms with Gasteiger partial charge in [0.05, 0.1) is 12.1 Å². The van der Waals surface area contributed by atoms with Crippen molar-refractivity contribution in [3.63, 3.8) is 0 Å². The Bertz CT molecular complexity index is 1720. The lowest BCUT2D eigenvalue weighted by Gasteiger charge is -2.30.